The molecule has 1 saturated heterocycles. The summed E-state index contributed by atoms with van der Waals surface area (Å²) in [6.45, 7) is -0.175. The Labute approximate surface area is 272 Å². The fourth-order valence-electron chi connectivity index (χ4n) is 5.37. The quantitative estimate of drug-likeness (QED) is 0.0796. The number of carboxylic acids is 2. The molecule has 0 unspecified atom stereocenters. The molecule has 1 aromatic heterocycles. The zero-order valence-corrected chi connectivity index (χ0v) is 26.2. The van der Waals surface area contributed by atoms with Crippen molar-refractivity contribution < 1.29 is 39.0 Å². The molecular formula is C31H44N8O8. The minimum atomic E-state index is -1.12. The smallest absolute Gasteiger partial charge is 0.326 e. The fraction of sp³-hybridized carbons (Fsp3) is 0.516. The Hall–Kier alpha value is -4.83. The first-order valence-electron chi connectivity index (χ1n) is 15.7. The number of hydrogen-bond acceptors (Lipinski definition) is 9. The lowest BCUT2D eigenvalue weighted by Crippen LogP contribution is -2.54. The standard InChI is InChI=1S/C31H44N8O8/c32-16-26(40)35-18-27(41)38-24(15-21-17-33-19-36-21)28(42)34-13-5-4-9-22(29(43)39-14-6-10-25(39)31(46)47)37-23(30(44)45)12-11-20-7-2-1-3-8-20/h1-3,7-8,17,19,22-25,37H,4-6,9-16,18,32H2,(H,33,36)(H,34,42)(H,35,40)(H,38,41)(H,44,45)(H,46,47)/t22-,23-,24-,25-/m0/s1. The second-order valence-electron chi connectivity index (χ2n) is 11.3. The molecule has 0 spiro atoms. The number of imidazole rings is 1. The lowest BCUT2D eigenvalue weighted by atomic mass is 10.0. The van der Waals surface area contributed by atoms with Crippen LogP contribution in [0.5, 0.6) is 0 Å². The van der Waals surface area contributed by atoms with Crippen LogP contribution < -0.4 is 27.0 Å². The van der Waals surface area contributed by atoms with Gasteiger partial charge in [0.25, 0.3) is 0 Å². The number of carboxylic acid groups (broad SMARTS) is 2. The van der Waals surface area contributed by atoms with Crippen molar-refractivity contribution in [2.24, 2.45) is 5.73 Å². The highest BCUT2D eigenvalue weighted by Gasteiger charge is 2.38. The lowest BCUT2D eigenvalue weighted by Gasteiger charge is -2.29. The zero-order valence-electron chi connectivity index (χ0n) is 26.2. The molecule has 1 aliphatic heterocycles. The van der Waals surface area contributed by atoms with Crippen LogP contribution in [0, 0.1) is 0 Å². The molecule has 1 aromatic carbocycles. The first kappa shape index (κ1) is 36.6. The molecule has 0 saturated carbocycles. The second kappa shape index (κ2) is 19.0. The van der Waals surface area contributed by atoms with Crippen molar-refractivity contribution >= 4 is 35.6 Å². The van der Waals surface area contributed by atoms with E-state index >= 15 is 0 Å². The van der Waals surface area contributed by atoms with Gasteiger partial charge in [-0.05, 0) is 50.5 Å². The minimum absolute atomic E-state index is 0.114. The summed E-state index contributed by atoms with van der Waals surface area (Å²) in [5.41, 5.74) is 6.79. The van der Waals surface area contributed by atoms with Crippen LogP contribution in [0.2, 0.25) is 0 Å². The van der Waals surface area contributed by atoms with Gasteiger partial charge < -0.3 is 41.8 Å². The van der Waals surface area contributed by atoms with Gasteiger partial charge in [-0.3, -0.25) is 29.3 Å². The largest absolute Gasteiger partial charge is 0.480 e. The molecule has 2 heterocycles. The van der Waals surface area contributed by atoms with Crippen molar-refractivity contribution in [1.29, 1.82) is 0 Å². The van der Waals surface area contributed by atoms with Gasteiger partial charge in [-0.25, -0.2) is 9.78 Å². The van der Waals surface area contributed by atoms with Crippen molar-refractivity contribution in [3.8, 4) is 0 Å². The Bertz CT molecular complexity index is 1340. The number of likely N-dealkylation sites (tertiary alicyclic amines) is 1. The van der Waals surface area contributed by atoms with Crippen molar-refractivity contribution in [3.05, 3.63) is 54.1 Å². The number of aliphatic carboxylic acids is 2. The molecule has 256 valence electrons. The molecule has 3 rings (SSSR count). The number of nitrogens with one attached hydrogen (secondary N) is 5. The second-order valence-corrected chi connectivity index (χ2v) is 11.3. The number of H-pyrrole nitrogens is 1. The number of carbonyl (C=O) groups is 6. The molecule has 4 atom stereocenters. The van der Waals surface area contributed by atoms with Crippen LogP contribution in [-0.4, -0.2) is 111 Å². The summed E-state index contributed by atoms with van der Waals surface area (Å²) in [6.07, 6.45) is 5.66. The minimum Gasteiger partial charge on any atom is -0.480 e. The average molecular weight is 657 g/mol. The molecule has 1 fully saturated rings. The third-order valence-electron chi connectivity index (χ3n) is 7.86. The normalized spacial score (nSPS) is 16.1. The van der Waals surface area contributed by atoms with Gasteiger partial charge in [0.15, 0.2) is 0 Å². The molecule has 16 heteroatoms. The van der Waals surface area contributed by atoms with E-state index in [-0.39, 0.29) is 45.4 Å². The van der Waals surface area contributed by atoms with Crippen molar-refractivity contribution in [2.75, 3.05) is 26.2 Å². The van der Waals surface area contributed by atoms with Crippen LogP contribution in [-0.2, 0) is 41.6 Å². The van der Waals surface area contributed by atoms with Gasteiger partial charge in [0.1, 0.15) is 18.1 Å². The number of aromatic amines is 1. The van der Waals surface area contributed by atoms with Crippen molar-refractivity contribution in [1.82, 2.24) is 36.1 Å². The number of rotatable bonds is 20. The van der Waals surface area contributed by atoms with E-state index < -0.39 is 59.7 Å². The van der Waals surface area contributed by atoms with E-state index in [1.54, 1.807) is 0 Å². The Morgan fingerprint density at radius 1 is 0.979 bits per heavy atom. The molecule has 1 aliphatic rings. The third-order valence-corrected chi connectivity index (χ3v) is 7.86. The predicted octanol–water partition coefficient (Wildman–Crippen LogP) is -1.08. The Morgan fingerprint density at radius 3 is 2.40 bits per heavy atom. The van der Waals surface area contributed by atoms with Gasteiger partial charge in [0.2, 0.25) is 23.6 Å². The first-order valence-corrected chi connectivity index (χ1v) is 15.7. The van der Waals surface area contributed by atoms with Crippen LogP contribution in [0.1, 0.15) is 49.8 Å². The summed E-state index contributed by atoms with van der Waals surface area (Å²) in [6, 6.07) is 5.43. The zero-order chi connectivity index (χ0) is 34.2. The van der Waals surface area contributed by atoms with E-state index in [2.05, 4.69) is 31.2 Å². The van der Waals surface area contributed by atoms with E-state index in [1.807, 2.05) is 30.3 Å². The molecule has 47 heavy (non-hydrogen) atoms. The van der Waals surface area contributed by atoms with Crippen LogP contribution >= 0.6 is 0 Å². The highest BCUT2D eigenvalue weighted by atomic mass is 16.4. The highest BCUT2D eigenvalue weighted by Crippen LogP contribution is 2.20. The van der Waals surface area contributed by atoms with Crippen LogP contribution in [0.4, 0.5) is 0 Å². The maximum absolute atomic E-state index is 13.6. The summed E-state index contributed by atoms with van der Waals surface area (Å²) in [4.78, 5) is 82.4. The predicted molar refractivity (Wildman–Crippen MR) is 169 cm³/mol. The monoisotopic (exact) mass is 656 g/mol. The number of aromatic nitrogens is 2. The molecule has 16 nitrogen and oxygen atoms in total. The van der Waals surface area contributed by atoms with E-state index in [9.17, 15) is 39.0 Å². The topological polar surface area (TPSA) is 249 Å². The van der Waals surface area contributed by atoms with Crippen LogP contribution in [0.3, 0.4) is 0 Å². The maximum atomic E-state index is 13.6. The van der Waals surface area contributed by atoms with Crippen molar-refractivity contribution in [2.45, 2.75) is 75.5 Å². The molecule has 9 N–H and O–H groups in total. The molecule has 0 radical (unpaired) electrons. The molecule has 0 aliphatic carbocycles. The molecule has 2 aromatic rings. The summed E-state index contributed by atoms with van der Waals surface area (Å²) in [7, 11) is 0. The number of aryl methyl sites for hydroxylation is 1. The van der Waals surface area contributed by atoms with Gasteiger partial charge in [-0.15, -0.1) is 0 Å². The summed E-state index contributed by atoms with van der Waals surface area (Å²) in [5.74, 6) is -4.26. The number of benzene rings is 1. The van der Waals surface area contributed by atoms with Crippen LogP contribution in [0.15, 0.2) is 42.9 Å². The van der Waals surface area contributed by atoms with Gasteiger partial charge in [0, 0.05) is 31.4 Å². The highest BCUT2D eigenvalue weighted by molar-refractivity contribution is 5.90. The molecule has 0 bridgehead atoms. The third kappa shape index (κ3) is 12.1. The molecular weight excluding hydrogens is 612 g/mol. The van der Waals surface area contributed by atoms with E-state index in [0.29, 0.717) is 37.8 Å². The van der Waals surface area contributed by atoms with Crippen molar-refractivity contribution in [3.63, 3.8) is 0 Å². The van der Waals surface area contributed by atoms with Gasteiger partial charge >= 0.3 is 11.9 Å². The number of carbonyl (C=O) groups excluding carboxylic acids is 4. The number of nitrogens with zero attached hydrogens (tertiary/aromatic N) is 2. The van der Waals surface area contributed by atoms with Gasteiger partial charge in [-0.1, -0.05) is 30.3 Å². The first-order chi connectivity index (χ1) is 22.6. The summed E-state index contributed by atoms with van der Waals surface area (Å²) in [5, 5.41) is 30.3. The summed E-state index contributed by atoms with van der Waals surface area (Å²) >= 11 is 0. The summed E-state index contributed by atoms with van der Waals surface area (Å²) < 4.78 is 0. The fourth-order valence-corrected chi connectivity index (χ4v) is 5.37. The lowest BCUT2D eigenvalue weighted by molar-refractivity contribution is -0.149. The Kier molecular flexibility index (Phi) is 14.8. The number of nitrogens with two attached hydrogens (primary N) is 1. The maximum Gasteiger partial charge on any atom is 0.326 e. The molecule has 4 amide bonds. The Balaban J connectivity index is 1.60. The van der Waals surface area contributed by atoms with E-state index in [1.165, 1.54) is 17.4 Å². The van der Waals surface area contributed by atoms with Crippen LogP contribution in [0.25, 0.3) is 0 Å². The van der Waals surface area contributed by atoms with E-state index in [4.69, 9.17) is 5.73 Å². The Morgan fingerprint density at radius 2 is 1.74 bits per heavy atom. The van der Waals surface area contributed by atoms with Gasteiger partial charge in [0.05, 0.1) is 25.5 Å². The SMILES string of the molecule is NCC(=O)NCC(=O)N[C@@H](Cc1cnc[nH]1)C(=O)NCCCC[C@H](N[C@@H](CCc1ccccc1)C(=O)O)C(=O)N1CCC[C@H]1C(=O)O. The number of unbranched alkanes of at least 4 members (excludes halogenated alkanes) is 1. The van der Waals surface area contributed by atoms with E-state index in [0.717, 1.165) is 5.56 Å². The number of amides is 4. The average Bonchev–Trinajstić information content (AvgIpc) is 3.77. The number of hydrogen-bond donors (Lipinski definition) is 8. The van der Waals surface area contributed by atoms with Gasteiger partial charge in [-0.2, -0.15) is 0 Å².